The van der Waals surface area contributed by atoms with Crippen molar-refractivity contribution in [1.82, 2.24) is 4.90 Å². The summed E-state index contributed by atoms with van der Waals surface area (Å²) in [5, 5.41) is 2.80. The van der Waals surface area contributed by atoms with Gasteiger partial charge in [-0.3, -0.25) is 9.59 Å². The molecule has 0 bridgehead atoms. The van der Waals surface area contributed by atoms with Gasteiger partial charge in [-0.2, -0.15) is 0 Å². The number of carbonyl (C=O) groups is 2. The van der Waals surface area contributed by atoms with Crippen molar-refractivity contribution < 1.29 is 14.3 Å². The quantitative estimate of drug-likeness (QED) is 0.589. The van der Waals surface area contributed by atoms with Crippen molar-refractivity contribution in [2.45, 2.75) is 6.54 Å². The summed E-state index contributed by atoms with van der Waals surface area (Å²) >= 11 is 0. The van der Waals surface area contributed by atoms with Gasteiger partial charge in [-0.1, -0.05) is 60.7 Å². The van der Waals surface area contributed by atoms with Gasteiger partial charge in [0.15, 0.2) is 0 Å². The highest BCUT2D eigenvalue weighted by Gasteiger charge is 2.16. The van der Waals surface area contributed by atoms with Crippen LogP contribution in [0.3, 0.4) is 0 Å². The average Bonchev–Trinajstić information content (AvgIpc) is 2.78. The van der Waals surface area contributed by atoms with E-state index in [4.69, 9.17) is 4.74 Å². The number of benzene rings is 3. The molecule has 0 atom stereocenters. The normalized spacial score (nSPS) is 10.6. The number of rotatable bonds is 7. The molecule has 0 radical (unpaired) electrons. The van der Waals surface area contributed by atoms with Crippen molar-refractivity contribution in [3.63, 3.8) is 0 Å². The Labute approximate surface area is 176 Å². The summed E-state index contributed by atoms with van der Waals surface area (Å²) in [5.74, 6) is 0.190. The lowest BCUT2D eigenvalue weighted by atomic mass is 10.1. The van der Waals surface area contributed by atoms with E-state index in [1.807, 2.05) is 54.6 Å². The first-order valence-corrected chi connectivity index (χ1v) is 9.59. The van der Waals surface area contributed by atoms with Gasteiger partial charge in [0.2, 0.25) is 5.91 Å². The minimum Gasteiger partial charge on any atom is -0.496 e. The van der Waals surface area contributed by atoms with Crippen LogP contribution in [-0.4, -0.2) is 30.9 Å². The molecule has 0 spiro atoms. The van der Waals surface area contributed by atoms with E-state index >= 15 is 0 Å². The van der Waals surface area contributed by atoms with Crippen LogP contribution in [0.25, 0.3) is 6.08 Å². The van der Waals surface area contributed by atoms with Crippen molar-refractivity contribution in [2.75, 3.05) is 19.5 Å². The van der Waals surface area contributed by atoms with Gasteiger partial charge in [-0.25, -0.2) is 0 Å². The largest absolute Gasteiger partial charge is 0.496 e. The molecule has 0 aromatic heterocycles. The molecule has 0 fully saturated rings. The topological polar surface area (TPSA) is 58.6 Å². The molecule has 3 aromatic carbocycles. The number of nitrogens with zero attached hydrogens (tertiary/aromatic N) is 1. The van der Waals surface area contributed by atoms with Crippen molar-refractivity contribution >= 4 is 23.6 Å². The number of para-hydroxylation sites is 2. The minimum absolute atomic E-state index is 0.163. The van der Waals surface area contributed by atoms with E-state index in [9.17, 15) is 9.59 Å². The van der Waals surface area contributed by atoms with Crippen molar-refractivity contribution in [1.29, 1.82) is 0 Å². The lowest BCUT2D eigenvalue weighted by Crippen LogP contribution is -2.27. The number of hydrogen-bond acceptors (Lipinski definition) is 3. The van der Waals surface area contributed by atoms with Gasteiger partial charge in [0.1, 0.15) is 5.75 Å². The van der Waals surface area contributed by atoms with Crippen LogP contribution in [0.4, 0.5) is 5.69 Å². The molecule has 0 aliphatic heterocycles. The molecule has 0 aliphatic carbocycles. The lowest BCUT2D eigenvalue weighted by molar-refractivity contribution is -0.111. The fraction of sp³-hybridized carbons (Fsp3) is 0.120. The van der Waals surface area contributed by atoms with Crippen molar-refractivity contribution in [3.05, 3.63) is 102 Å². The van der Waals surface area contributed by atoms with Gasteiger partial charge in [0, 0.05) is 25.2 Å². The molecule has 5 nitrogen and oxygen atoms in total. The van der Waals surface area contributed by atoms with Gasteiger partial charge in [0.05, 0.1) is 18.4 Å². The van der Waals surface area contributed by atoms with E-state index in [0.717, 1.165) is 11.1 Å². The van der Waals surface area contributed by atoms with Gasteiger partial charge >= 0.3 is 0 Å². The van der Waals surface area contributed by atoms with E-state index in [0.29, 0.717) is 23.5 Å². The zero-order chi connectivity index (χ0) is 21.3. The summed E-state index contributed by atoms with van der Waals surface area (Å²) in [6.45, 7) is 0.482. The Morgan fingerprint density at radius 1 is 0.933 bits per heavy atom. The Balaban J connectivity index is 1.72. The molecule has 2 amide bonds. The Hall–Kier alpha value is -3.86. The number of hydrogen-bond donors (Lipinski definition) is 1. The number of carbonyl (C=O) groups excluding carboxylic acids is 2. The highest BCUT2D eigenvalue weighted by molar-refractivity contribution is 6.07. The number of methoxy groups -OCH3 is 1. The molecular weight excluding hydrogens is 376 g/mol. The molecule has 30 heavy (non-hydrogen) atoms. The second-order valence-electron chi connectivity index (χ2n) is 6.76. The molecule has 0 heterocycles. The standard InChI is InChI=1S/C25H24N2O3/c1-27(18-19-10-4-3-5-11-19)25(29)21-13-7-8-14-22(21)26-24(28)17-16-20-12-6-9-15-23(20)30-2/h3-17H,18H2,1-2H3,(H,26,28)/b17-16+. The third-order valence-corrected chi connectivity index (χ3v) is 4.58. The summed E-state index contributed by atoms with van der Waals surface area (Å²) in [7, 11) is 3.33. The van der Waals surface area contributed by atoms with Crippen molar-refractivity contribution in [2.24, 2.45) is 0 Å². The van der Waals surface area contributed by atoms with Crippen LogP contribution in [0.5, 0.6) is 5.75 Å². The van der Waals surface area contributed by atoms with E-state index in [2.05, 4.69) is 5.32 Å². The smallest absolute Gasteiger partial charge is 0.256 e. The van der Waals surface area contributed by atoms with E-state index in [1.165, 1.54) is 6.08 Å². The fourth-order valence-electron chi connectivity index (χ4n) is 3.06. The second kappa shape index (κ2) is 10.1. The molecule has 0 unspecified atom stereocenters. The molecule has 1 N–H and O–H groups in total. The summed E-state index contributed by atoms with van der Waals surface area (Å²) < 4.78 is 5.29. The molecule has 3 rings (SSSR count). The highest BCUT2D eigenvalue weighted by Crippen LogP contribution is 2.20. The predicted octanol–water partition coefficient (Wildman–Crippen LogP) is 4.62. The molecule has 152 valence electrons. The second-order valence-corrected chi connectivity index (χ2v) is 6.76. The van der Waals surface area contributed by atoms with E-state index in [-0.39, 0.29) is 11.8 Å². The maximum atomic E-state index is 13.0. The van der Waals surface area contributed by atoms with Gasteiger partial charge < -0.3 is 15.0 Å². The van der Waals surface area contributed by atoms with Gasteiger partial charge in [-0.15, -0.1) is 0 Å². The number of nitrogens with one attached hydrogen (secondary N) is 1. The van der Waals surface area contributed by atoms with Crippen LogP contribution in [0.1, 0.15) is 21.5 Å². The summed E-state index contributed by atoms with van der Waals surface area (Å²) in [6.07, 6.45) is 3.10. The van der Waals surface area contributed by atoms with Crippen LogP contribution < -0.4 is 10.1 Å². The van der Waals surface area contributed by atoms with Crippen LogP contribution >= 0.6 is 0 Å². The monoisotopic (exact) mass is 400 g/mol. The Kier molecular flexibility index (Phi) is 7.00. The number of ether oxygens (including phenoxy) is 1. The summed E-state index contributed by atoms with van der Waals surface area (Å²) in [6, 6.07) is 24.2. The van der Waals surface area contributed by atoms with Crippen molar-refractivity contribution in [3.8, 4) is 5.75 Å². The third kappa shape index (κ3) is 5.35. The SMILES string of the molecule is COc1ccccc1/C=C/C(=O)Nc1ccccc1C(=O)N(C)Cc1ccccc1. The zero-order valence-electron chi connectivity index (χ0n) is 17.0. The first kappa shape index (κ1) is 20.9. The average molecular weight is 400 g/mol. The molecule has 5 heteroatoms. The van der Waals surface area contributed by atoms with E-state index in [1.54, 1.807) is 49.4 Å². The van der Waals surface area contributed by atoms with Crippen LogP contribution in [0, 0.1) is 0 Å². The molecule has 3 aromatic rings. The molecular formula is C25H24N2O3. The van der Waals surface area contributed by atoms with Gasteiger partial charge in [-0.05, 0) is 29.8 Å². The minimum atomic E-state index is -0.327. The first-order chi connectivity index (χ1) is 14.6. The van der Waals surface area contributed by atoms with Crippen LogP contribution in [0.15, 0.2) is 84.9 Å². The zero-order valence-corrected chi connectivity index (χ0v) is 17.0. The highest BCUT2D eigenvalue weighted by atomic mass is 16.5. The van der Waals surface area contributed by atoms with Crippen LogP contribution in [0.2, 0.25) is 0 Å². The maximum absolute atomic E-state index is 13.0. The summed E-state index contributed by atoms with van der Waals surface area (Å²) in [4.78, 5) is 27.0. The first-order valence-electron chi connectivity index (χ1n) is 9.59. The number of amides is 2. The Morgan fingerprint density at radius 2 is 1.60 bits per heavy atom. The third-order valence-electron chi connectivity index (χ3n) is 4.58. The molecule has 0 saturated heterocycles. The number of anilines is 1. The Bertz CT molecular complexity index is 1050. The van der Waals surface area contributed by atoms with E-state index < -0.39 is 0 Å². The summed E-state index contributed by atoms with van der Waals surface area (Å²) in [5.41, 5.74) is 2.74. The van der Waals surface area contributed by atoms with Crippen LogP contribution in [-0.2, 0) is 11.3 Å². The predicted molar refractivity (Wildman–Crippen MR) is 119 cm³/mol. The maximum Gasteiger partial charge on any atom is 0.256 e. The lowest BCUT2D eigenvalue weighted by Gasteiger charge is -2.19. The van der Waals surface area contributed by atoms with Gasteiger partial charge in [0.25, 0.3) is 5.91 Å². The molecule has 0 saturated carbocycles. The Morgan fingerprint density at radius 3 is 2.37 bits per heavy atom. The molecule has 0 aliphatic rings. The fourth-order valence-corrected chi connectivity index (χ4v) is 3.06.